The predicted octanol–water partition coefficient (Wildman–Crippen LogP) is 1.98. The van der Waals surface area contributed by atoms with Crippen LogP contribution in [0.1, 0.15) is 6.42 Å². The summed E-state index contributed by atoms with van der Waals surface area (Å²) in [6.45, 7) is 3.22. The van der Waals surface area contributed by atoms with E-state index in [-0.39, 0.29) is 0 Å². The fourth-order valence-electron chi connectivity index (χ4n) is 2.17. The number of anilines is 1. The summed E-state index contributed by atoms with van der Waals surface area (Å²) in [5.41, 5.74) is 1.07. The minimum Gasteiger partial charge on any atom is -0.383 e. The molecule has 0 atom stereocenters. The second-order valence-corrected chi connectivity index (χ2v) is 7.91. The quantitative estimate of drug-likeness (QED) is 0.905. The van der Waals surface area contributed by atoms with E-state index in [1.54, 1.807) is 0 Å². The first-order chi connectivity index (χ1) is 9.07. The molecule has 0 aromatic heterocycles. The highest BCUT2D eigenvalue weighted by Crippen LogP contribution is 2.20. The molecule has 0 unspecified atom stereocenters. The van der Waals surface area contributed by atoms with Crippen molar-refractivity contribution in [2.24, 2.45) is 0 Å². The molecule has 1 N–H and O–H groups in total. The molecule has 0 aliphatic carbocycles. The van der Waals surface area contributed by atoms with Gasteiger partial charge in [0.05, 0.1) is 11.5 Å². The van der Waals surface area contributed by atoms with Crippen molar-refractivity contribution in [2.75, 3.05) is 43.0 Å². The zero-order valence-corrected chi connectivity index (χ0v) is 13.2. The lowest BCUT2D eigenvalue weighted by Crippen LogP contribution is -2.31. The van der Waals surface area contributed by atoms with Crippen molar-refractivity contribution in [3.63, 3.8) is 0 Å². The number of hydrogen-bond acceptors (Lipinski definition) is 4. The molecule has 1 aromatic carbocycles. The third-order valence-electron chi connectivity index (χ3n) is 3.27. The molecule has 4 nitrogen and oxygen atoms in total. The first-order valence-electron chi connectivity index (χ1n) is 6.48. The topological polar surface area (TPSA) is 49.4 Å². The Morgan fingerprint density at radius 1 is 1.21 bits per heavy atom. The maximum absolute atomic E-state index is 11.5. The minimum absolute atomic E-state index is 0.294. The highest BCUT2D eigenvalue weighted by atomic mass is 79.9. The normalized spacial score (nSPS) is 19.8. The van der Waals surface area contributed by atoms with Gasteiger partial charge in [-0.15, -0.1) is 0 Å². The standard InChI is InChI=1S/C13H19BrN2O2S/c14-12-4-1-2-5-13(12)15-6-8-16-7-3-10-19(17,18)11-9-16/h1-2,4-5,15H,3,6-11H2. The van der Waals surface area contributed by atoms with E-state index in [2.05, 4.69) is 26.1 Å². The van der Waals surface area contributed by atoms with Gasteiger partial charge in [0, 0.05) is 29.8 Å². The van der Waals surface area contributed by atoms with Gasteiger partial charge < -0.3 is 10.2 Å². The first-order valence-corrected chi connectivity index (χ1v) is 9.09. The lowest BCUT2D eigenvalue weighted by molar-refractivity contribution is 0.307. The molecule has 6 heteroatoms. The van der Waals surface area contributed by atoms with Crippen LogP contribution in [0.4, 0.5) is 5.69 Å². The van der Waals surface area contributed by atoms with E-state index < -0.39 is 9.84 Å². The Balaban J connectivity index is 1.78. The fourth-order valence-corrected chi connectivity index (χ4v) is 3.90. The molecule has 1 heterocycles. The third-order valence-corrected chi connectivity index (χ3v) is 5.67. The monoisotopic (exact) mass is 346 g/mol. The minimum atomic E-state index is -2.81. The molecule has 2 rings (SSSR count). The Morgan fingerprint density at radius 2 is 2.00 bits per heavy atom. The molecule has 1 aliphatic rings. The van der Waals surface area contributed by atoms with Gasteiger partial charge in [0.2, 0.25) is 0 Å². The second kappa shape index (κ2) is 6.72. The Labute approximate surface area is 123 Å². The van der Waals surface area contributed by atoms with Gasteiger partial charge in [-0.2, -0.15) is 0 Å². The number of nitrogens with zero attached hydrogens (tertiary/aromatic N) is 1. The van der Waals surface area contributed by atoms with Crippen molar-refractivity contribution in [1.82, 2.24) is 4.90 Å². The first kappa shape index (κ1) is 14.8. The average molecular weight is 347 g/mol. The zero-order valence-electron chi connectivity index (χ0n) is 10.8. The number of benzene rings is 1. The van der Waals surface area contributed by atoms with Gasteiger partial charge in [-0.3, -0.25) is 0 Å². The number of nitrogens with one attached hydrogen (secondary N) is 1. The van der Waals surface area contributed by atoms with Crippen LogP contribution >= 0.6 is 15.9 Å². The third kappa shape index (κ3) is 4.78. The van der Waals surface area contributed by atoms with Crippen LogP contribution in [0.25, 0.3) is 0 Å². The molecular formula is C13H19BrN2O2S. The predicted molar refractivity (Wildman–Crippen MR) is 82.3 cm³/mol. The summed E-state index contributed by atoms with van der Waals surface area (Å²) < 4.78 is 24.1. The summed E-state index contributed by atoms with van der Waals surface area (Å²) in [5.74, 6) is 0.628. The van der Waals surface area contributed by atoms with E-state index in [4.69, 9.17) is 0 Å². The Bertz CT molecular complexity index is 519. The van der Waals surface area contributed by atoms with E-state index in [0.29, 0.717) is 18.1 Å². The summed E-state index contributed by atoms with van der Waals surface area (Å²) >= 11 is 3.49. The van der Waals surface area contributed by atoms with Crippen LogP contribution in [-0.4, -0.2) is 51.0 Å². The Morgan fingerprint density at radius 3 is 2.79 bits per heavy atom. The molecule has 0 radical (unpaired) electrons. The summed E-state index contributed by atoms with van der Waals surface area (Å²) in [4.78, 5) is 2.22. The molecule has 0 amide bonds. The fraction of sp³-hybridized carbons (Fsp3) is 0.538. The van der Waals surface area contributed by atoms with E-state index in [1.165, 1.54) is 0 Å². The van der Waals surface area contributed by atoms with Crippen molar-refractivity contribution in [1.29, 1.82) is 0 Å². The van der Waals surface area contributed by atoms with Gasteiger partial charge in [0.1, 0.15) is 0 Å². The van der Waals surface area contributed by atoms with E-state index in [9.17, 15) is 8.42 Å². The van der Waals surface area contributed by atoms with E-state index in [0.717, 1.165) is 36.2 Å². The van der Waals surface area contributed by atoms with E-state index in [1.807, 2.05) is 24.3 Å². The molecule has 106 valence electrons. The molecule has 1 aliphatic heterocycles. The number of sulfone groups is 1. The van der Waals surface area contributed by atoms with Crippen LogP contribution in [0.15, 0.2) is 28.7 Å². The number of halogens is 1. The van der Waals surface area contributed by atoms with Gasteiger partial charge in [-0.25, -0.2) is 8.42 Å². The maximum atomic E-state index is 11.5. The molecule has 1 fully saturated rings. The van der Waals surface area contributed by atoms with Crippen LogP contribution in [0.5, 0.6) is 0 Å². The summed E-state index contributed by atoms with van der Waals surface area (Å²) in [7, 11) is -2.81. The van der Waals surface area contributed by atoms with E-state index >= 15 is 0 Å². The zero-order chi connectivity index (χ0) is 13.7. The van der Waals surface area contributed by atoms with Crippen molar-refractivity contribution >= 4 is 31.5 Å². The van der Waals surface area contributed by atoms with Crippen molar-refractivity contribution in [2.45, 2.75) is 6.42 Å². The molecule has 0 bridgehead atoms. The van der Waals surface area contributed by atoms with Crippen LogP contribution in [0.2, 0.25) is 0 Å². The Kier molecular flexibility index (Phi) is 5.24. The largest absolute Gasteiger partial charge is 0.383 e. The van der Waals surface area contributed by atoms with Crippen molar-refractivity contribution in [3.8, 4) is 0 Å². The van der Waals surface area contributed by atoms with Gasteiger partial charge in [0.15, 0.2) is 9.84 Å². The molecular weight excluding hydrogens is 328 g/mol. The smallest absolute Gasteiger partial charge is 0.151 e. The van der Waals surface area contributed by atoms with Gasteiger partial charge in [-0.1, -0.05) is 12.1 Å². The highest BCUT2D eigenvalue weighted by molar-refractivity contribution is 9.10. The van der Waals surface area contributed by atoms with Gasteiger partial charge in [-0.05, 0) is 41.0 Å². The van der Waals surface area contributed by atoms with Crippen LogP contribution < -0.4 is 5.32 Å². The van der Waals surface area contributed by atoms with Crippen LogP contribution in [0, 0.1) is 0 Å². The van der Waals surface area contributed by atoms with Crippen LogP contribution in [0.3, 0.4) is 0 Å². The number of para-hydroxylation sites is 1. The summed E-state index contributed by atoms with van der Waals surface area (Å²) in [5, 5.41) is 3.36. The second-order valence-electron chi connectivity index (χ2n) is 4.75. The molecule has 0 saturated carbocycles. The van der Waals surface area contributed by atoms with Crippen LogP contribution in [-0.2, 0) is 9.84 Å². The molecule has 19 heavy (non-hydrogen) atoms. The highest BCUT2D eigenvalue weighted by Gasteiger charge is 2.18. The summed E-state index contributed by atoms with van der Waals surface area (Å²) in [6, 6.07) is 8.00. The Hall–Kier alpha value is -0.590. The average Bonchev–Trinajstić information content (AvgIpc) is 2.53. The molecule has 1 aromatic rings. The van der Waals surface area contributed by atoms with Gasteiger partial charge in [0.25, 0.3) is 0 Å². The van der Waals surface area contributed by atoms with Gasteiger partial charge >= 0.3 is 0 Å². The molecule has 1 saturated heterocycles. The lowest BCUT2D eigenvalue weighted by atomic mass is 10.3. The maximum Gasteiger partial charge on any atom is 0.151 e. The molecule has 0 spiro atoms. The van der Waals surface area contributed by atoms with Crippen molar-refractivity contribution in [3.05, 3.63) is 28.7 Å². The summed E-state index contributed by atoms with van der Waals surface area (Å²) in [6.07, 6.45) is 0.747. The SMILES string of the molecule is O=S1(=O)CCCN(CCNc2ccccc2Br)CC1. The lowest BCUT2D eigenvalue weighted by Gasteiger charge is -2.19. The number of rotatable bonds is 4. The number of hydrogen-bond donors (Lipinski definition) is 1. The van der Waals surface area contributed by atoms with Crippen molar-refractivity contribution < 1.29 is 8.42 Å².